The van der Waals surface area contributed by atoms with Gasteiger partial charge in [0.25, 0.3) is 5.91 Å². The highest BCUT2D eigenvalue weighted by Crippen LogP contribution is 2.35. The summed E-state index contributed by atoms with van der Waals surface area (Å²) in [5, 5.41) is 12.2. The molecule has 0 aliphatic heterocycles. The maximum absolute atomic E-state index is 13.2. The average Bonchev–Trinajstić information content (AvgIpc) is 3.02. The quantitative estimate of drug-likeness (QED) is 0.189. The van der Waals surface area contributed by atoms with E-state index in [1.165, 1.54) is 7.05 Å². The Morgan fingerprint density at radius 3 is 2.24 bits per heavy atom. The van der Waals surface area contributed by atoms with Gasteiger partial charge in [-0.1, -0.05) is 69.9 Å². The maximum Gasteiger partial charge on any atom is 0.394 e. The highest BCUT2D eigenvalue weighted by Gasteiger charge is 2.23. The van der Waals surface area contributed by atoms with Crippen LogP contribution in [0.25, 0.3) is 0 Å². The van der Waals surface area contributed by atoms with Crippen LogP contribution in [0.1, 0.15) is 54.7 Å². The summed E-state index contributed by atoms with van der Waals surface area (Å²) >= 11 is 0. The van der Waals surface area contributed by atoms with Crippen LogP contribution < -0.4 is 30.2 Å². The molecule has 10 heteroatoms. The number of benzene rings is 3. The summed E-state index contributed by atoms with van der Waals surface area (Å²) < 4.78 is 18.3. The highest BCUT2D eigenvalue weighted by molar-refractivity contribution is 6.37. The molecule has 0 atom stereocenters. The van der Waals surface area contributed by atoms with Crippen molar-refractivity contribution in [3.05, 3.63) is 82.9 Å². The Labute approximate surface area is 264 Å². The first-order chi connectivity index (χ1) is 21.5. The molecule has 3 rings (SSSR count). The third-order valence-corrected chi connectivity index (χ3v) is 6.32. The number of carbonyl (C=O) groups is 3. The Balaban J connectivity index is 2.20. The lowest BCUT2D eigenvalue weighted by atomic mass is 10.0. The van der Waals surface area contributed by atoms with Crippen LogP contribution in [-0.4, -0.2) is 56.2 Å². The van der Waals surface area contributed by atoms with Crippen molar-refractivity contribution >= 4 is 23.5 Å². The van der Waals surface area contributed by atoms with E-state index in [1.54, 1.807) is 30.3 Å². The number of carboxylic acids is 1. The monoisotopic (exact) mass is 615 g/mol. The molecular formula is C35H41N3O7. The van der Waals surface area contributed by atoms with Crippen molar-refractivity contribution in [1.82, 2.24) is 5.32 Å². The largest absolute Gasteiger partial charge is 0.489 e. The van der Waals surface area contributed by atoms with Gasteiger partial charge in [0, 0.05) is 20.1 Å². The zero-order valence-corrected chi connectivity index (χ0v) is 26.4. The minimum atomic E-state index is -1.61. The van der Waals surface area contributed by atoms with Crippen LogP contribution in [0.2, 0.25) is 0 Å². The molecule has 0 unspecified atom stereocenters. The van der Waals surface area contributed by atoms with Gasteiger partial charge < -0.3 is 35.3 Å². The number of hydrogen-bond donors (Lipinski definition) is 3. The van der Waals surface area contributed by atoms with Gasteiger partial charge in [0.05, 0.1) is 35.6 Å². The molecule has 0 bridgehead atoms. The maximum atomic E-state index is 13.2. The first-order valence-corrected chi connectivity index (χ1v) is 14.8. The lowest BCUT2D eigenvalue weighted by Crippen LogP contribution is -2.33. The van der Waals surface area contributed by atoms with Crippen molar-refractivity contribution in [3.8, 4) is 29.1 Å². The van der Waals surface area contributed by atoms with Gasteiger partial charge >= 0.3 is 11.9 Å². The van der Waals surface area contributed by atoms with Gasteiger partial charge in [-0.25, -0.2) is 4.79 Å². The van der Waals surface area contributed by atoms with E-state index in [9.17, 15) is 19.5 Å². The first-order valence-electron chi connectivity index (χ1n) is 14.8. The van der Waals surface area contributed by atoms with Crippen molar-refractivity contribution in [1.29, 1.82) is 0 Å². The second-order valence-electron chi connectivity index (χ2n) is 11.1. The van der Waals surface area contributed by atoms with E-state index in [2.05, 4.69) is 17.2 Å². The number of hydrogen-bond acceptors (Lipinski definition) is 7. The Hall–Kier alpha value is -5.01. The third kappa shape index (κ3) is 10.0. The van der Waals surface area contributed by atoms with E-state index in [4.69, 9.17) is 19.9 Å². The molecule has 3 aromatic carbocycles. The predicted molar refractivity (Wildman–Crippen MR) is 173 cm³/mol. The summed E-state index contributed by atoms with van der Waals surface area (Å²) in [5.74, 6) is 4.59. The molecule has 4 N–H and O–H groups in total. The second-order valence-corrected chi connectivity index (χ2v) is 11.1. The van der Waals surface area contributed by atoms with Crippen LogP contribution >= 0.6 is 0 Å². The van der Waals surface area contributed by atoms with Crippen molar-refractivity contribution < 1.29 is 33.7 Å². The molecule has 2 amide bonds. The number of likely N-dealkylation sites (N-methyl/N-ethyl adjacent to an activating group) is 1. The summed E-state index contributed by atoms with van der Waals surface area (Å²) in [7, 11) is 1.35. The SMILES string of the molecule is CC(C)COc1ccc(C(=O)NCCN)c(C#Cc2cc(OCc3ccccc3)ccc2N(C)C(=O)C(=O)O)c1OCC(C)C. The van der Waals surface area contributed by atoms with E-state index < -0.39 is 17.8 Å². The molecule has 0 heterocycles. The van der Waals surface area contributed by atoms with Crippen molar-refractivity contribution in [2.24, 2.45) is 17.6 Å². The zero-order chi connectivity index (χ0) is 32.9. The fourth-order valence-corrected chi connectivity index (χ4v) is 4.04. The molecule has 0 aromatic heterocycles. The summed E-state index contributed by atoms with van der Waals surface area (Å²) in [6.45, 7) is 9.59. The smallest absolute Gasteiger partial charge is 0.394 e. The molecule has 0 spiro atoms. The second kappa shape index (κ2) is 16.7. The number of aliphatic carboxylic acids is 1. The van der Waals surface area contributed by atoms with E-state index in [-0.39, 0.29) is 48.3 Å². The topological polar surface area (TPSA) is 140 Å². The van der Waals surface area contributed by atoms with Crippen molar-refractivity contribution in [2.45, 2.75) is 34.3 Å². The number of nitrogens with zero attached hydrogens (tertiary/aromatic N) is 1. The van der Waals surface area contributed by atoms with Crippen LogP contribution in [-0.2, 0) is 16.2 Å². The molecule has 0 saturated heterocycles. The van der Waals surface area contributed by atoms with Crippen LogP contribution in [0.15, 0.2) is 60.7 Å². The van der Waals surface area contributed by atoms with Crippen LogP contribution in [0.4, 0.5) is 5.69 Å². The van der Waals surface area contributed by atoms with Gasteiger partial charge in [-0.05, 0) is 47.7 Å². The molecule has 0 aliphatic carbocycles. The molecule has 0 radical (unpaired) electrons. The van der Waals surface area contributed by atoms with Gasteiger partial charge in [0.1, 0.15) is 12.4 Å². The number of carbonyl (C=O) groups excluding carboxylic acids is 2. The van der Waals surface area contributed by atoms with Gasteiger partial charge in [-0.3, -0.25) is 9.59 Å². The molecule has 0 aliphatic rings. The molecule has 238 valence electrons. The van der Waals surface area contributed by atoms with Gasteiger partial charge in [0.2, 0.25) is 0 Å². The van der Waals surface area contributed by atoms with E-state index in [1.807, 2.05) is 58.0 Å². The first kappa shape index (κ1) is 34.5. The lowest BCUT2D eigenvalue weighted by molar-refractivity contribution is -0.148. The Bertz CT molecular complexity index is 1540. The number of nitrogens with one attached hydrogen (secondary N) is 1. The Morgan fingerprint density at radius 1 is 0.911 bits per heavy atom. The molecule has 45 heavy (non-hydrogen) atoms. The van der Waals surface area contributed by atoms with Gasteiger partial charge in [-0.2, -0.15) is 0 Å². The zero-order valence-electron chi connectivity index (χ0n) is 26.4. The van der Waals surface area contributed by atoms with E-state index >= 15 is 0 Å². The fraction of sp³-hybridized carbons (Fsp3) is 0.343. The van der Waals surface area contributed by atoms with E-state index in [0.717, 1.165) is 10.5 Å². The summed E-state index contributed by atoms with van der Waals surface area (Å²) in [5.41, 5.74) is 7.64. The van der Waals surface area contributed by atoms with E-state index in [0.29, 0.717) is 36.0 Å². The Morgan fingerprint density at radius 2 is 1.60 bits per heavy atom. The normalized spacial score (nSPS) is 10.6. The standard InChI is InChI=1S/C35H41N3O7/c1-23(2)20-44-31-16-14-29(33(39)37-18-17-36)28(32(31)45-21-24(3)4)13-11-26-19-27(43-22-25-9-7-6-8-10-25)12-15-30(26)38(5)34(40)35(41)42/h6-10,12,14-16,19,23-24H,17-18,20-22,36H2,1-5H3,(H,37,39)(H,41,42). The minimum Gasteiger partial charge on any atom is -0.489 e. The van der Waals surface area contributed by atoms with Crippen LogP contribution in [0.3, 0.4) is 0 Å². The van der Waals surface area contributed by atoms with Crippen molar-refractivity contribution in [2.75, 3.05) is 38.3 Å². The number of rotatable bonds is 13. The number of anilines is 1. The minimum absolute atomic E-state index is 0.166. The number of ether oxygens (including phenoxy) is 3. The lowest BCUT2D eigenvalue weighted by Gasteiger charge is -2.19. The average molecular weight is 616 g/mol. The summed E-state index contributed by atoms with van der Waals surface area (Å²) in [6, 6.07) is 17.7. The van der Waals surface area contributed by atoms with Crippen LogP contribution in [0.5, 0.6) is 17.2 Å². The van der Waals surface area contributed by atoms with Gasteiger partial charge in [0.15, 0.2) is 11.5 Å². The van der Waals surface area contributed by atoms with Crippen LogP contribution in [0, 0.1) is 23.7 Å². The Kier molecular flexibility index (Phi) is 12.8. The summed E-state index contributed by atoms with van der Waals surface area (Å²) in [6.07, 6.45) is 0. The van der Waals surface area contributed by atoms with Crippen molar-refractivity contribution in [3.63, 3.8) is 0 Å². The molecule has 0 saturated carbocycles. The van der Waals surface area contributed by atoms with Gasteiger partial charge in [-0.15, -0.1) is 0 Å². The molecule has 0 fully saturated rings. The number of nitrogens with two attached hydrogens (primary N) is 1. The third-order valence-electron chi connectivity index (χ3n) is 6.32. The summed E-state index contributed by atoms with van der Waals surface area (Å²) in [4.78, 5) is 38.2. The number of amides is 2. The number of carboxylic acid groups (broad SMARTS) is 1. The molecule has 3 aromatic rings. The highest BCUT2D eigenvalue weighted by atomic mass is 16.5. The fourth-order valence-electron chi connectivity index (χ4n) is 4.04. The molecule has 10 nitrogen and oxygen atoms in total. The predicted octanol–water partition coefficient (Wildman–Crippen LogP) is 4.47. The molecular weight excluding hydrogens is 574 g/mol.